The number of carbonyl (C=O) groups is 2. The highest BCUT2D eigenvalue weighted by atomic mass is 19.2. The first kappa shape index (κ1) is 23.4. The van der Waals surface area contributed by atoms with Crippen LogP contribution in [-0.4, -0.2) is 19.3 Å². The molecule has 1 aliphatic rings. The van der Waals surface area contributed by atoms with Gasteiger partial charge >= 0.3 is 5.97 Å². The van der Waals surface area contributed by atoms with Gasteiger partial charge in [-0.1, -0.05) is 25.5 Å². The van der Waals surface area contributed by atoms with Gasteiger partial charge in [0, 0.05) is 12.6 Å². The Bertz CT molecular complexity index is 1110. The molecule has 1 N–H and O–H groups in total. The zero-order valence-corrected chi connectivity index (χ0v) is 16.9. The van der Waals surface area contributed by atoms with Crippen LogP contribution in [0.1, 0.15) is 37.3 Å². The smallest absolute Gasteiger partial charge is 0.347 e. The van der Waals surface area contributed by atoms with Crippen LogP contribution >= 0.6 is 0 Å². The summed E-state index contributed by atoms with van der Waals surface area (Å²) in [4.78, 5) is 23.6. The zero-order valence-electron chi connectivity index (χ0n) is 16.9. The van der Waals surface area contributed by atoms with E-state index in [9.17, 15) is 31.5 Å². The van der Waals surface area contributed by atoms with E-state index in [2.05, 4.69) is 10.1 Å². The number of carbonyl (C=O) groups excluding carboxylic acids is 2. The minimum Gasteiger partial charge on any atom is -0.416 e. The van der Waals surface area contributed by atoms with Crippen molar-refractivity contribution in [3.63, 3.8) is 0 Å². The standard InChI is InChI=1S/C22H17F6NO3/c1-22(6-3-7-22)12-5-4-10(19(29-2)13(12)23)8-11(9-30)21(31)32-20-17(27)15(25)14(24)16(26)18(20)28/h4-5,8-9,29H,3,6-7H2,1-2H3/b11-8+. The van der Waals surface area contributed by atoms with Crippen LogP contribution in [-0.2, 0) is 15.0 Å². The zero-order chi connectivity index (χ0) is 23.8. The molecule has 10 heteroatoms. The fourth-order valence-corrected chi connectivity index (χ4v) is 3.54. The number of hydrogen-bond donors (Lipinski definition) is 1. The van der Waals surface area contributed by atoms with E-state index in [1.165, 1.54) is 19.2 Å². The van der Waals surface area contributed by atoms with Gasteiger partial charge in [0.15, 0.2) is 12.1 Å². The van der Waals surface area contributed by atoms with Gasteiger partial charge in [-0.2, -0.15) is 8.78 Å². The Morgan fingerprint density at radius 1 is 0.969 bits per heavy atom. The van der Waals surface area contributed by atoms with E-state index in [0.717, 1.165) is 25.3 Å². The van der Waals surface area contributed by atoms with Crippen molar-refractivity contribution in [3.8, 4) is 5.75 Å². The molecule has 0 atom stereocenters. The van der Waals surface area contributed by atoms with Crippen LogP contribution < -0.4 is 10.1 Å². The van der Waals surface area contributed by atoms with Gasteiger partial charge in [0.1, 0.15) is 5.57 Å². The van der Waals surface area contributed by atoms with E-state index >= 15 is 4.39 Å². The summed E-state index contributed by atoms with van der Waals surface area (Å²) in [7, 11) is 1.41. The molecule has 0 aromatic heterocycles. The quantitative estimate of drug-likeness (QED) is 0.0747. The van der Waals surface area contributed by atoms with Gasteiger partial charge in [-0.25, -0.2) is 22.4 Å². The summed E-state index contributed by atoms with van der Waals surface area (Å²) < 4.78 is 86.6. The molecule has 170 valence electrons. The highest BCUT2D eigenvalue weighted by molar-refractivity contribution is 6.13. The monoisotopic (exact) mass is 457 g/mol. The maximum absolute atomic E-state index is 15.1. The molecule has 0 bridgehead atoms. The lowest BCUT2D eigenvalue weighted by Gasteiger charge is -2.39. The second-order valence-corrected chi connectivity index (χ2v) is 7.56. The highest BCUT2D eigenvalue weighted by Gasteiger charge is 2.37. The summed E-state index contributed by atoms with van der Waals surface area (Å²) in [6.45, 7) is 1.90. The van der Waals surface area contributed by atoms with Crippen molar-refractivity contribution in [2.24, 2.45) is 0 Å². The molecule has 0 radical (unpaired) electrons. The molecule has 0 unspecified atom stereocenters. The largest absolute Gasteiger partial charge is 0.416 e. The van der Waals surface area contributed by atoms with Crippen molar-refractivity contribution in [2.45, 2.75) is 31.6 Å². The number of benzene rings is 2. The number of rotatable bonds is 6. The van der Waals surface area contributed by atoms with E-state index in [-0.39, 0.29) is 23.0 Å². The van der Waals surface area contributed by atoms with E-state index in [0.29, 0.717) is 5.56 Å². The second kappa shape index (κ2) is 8.68. The van der Waals surface area contributed by atoms with Crippen molar-refractivity contribution < 1.29 is 40.7 Å². The Morgan fingerprint density at radius 3 is 2.00 bits per heavy atom. The second-order valence-electron chi connectivity index (χ2n) is 7.56. The Labute approximate surface area is 178 Å². The Kier molecular flexibility index (Phi) is 6.34. The third-order valence-electron chi connectivity index (χ3n) is 5.57. The normalized spacial score (nSPS) is 15.2. The number of esters is 1. The van der Waals surface area contributed by atoms with Gasteiger partial charge in [-0.15, -0.1) is 0 Å². The van der Waals surface area contributed by atoms with Crippen molar-refractivity contribution in [1.29, 1.82) is 0 Å². The first-order valence-electron chi connectivity index (χ1n) is 9.47. The topological polar surface area (TPSA) is 55.4 Å². The third kappa shape index (κ3) is 3.85. The summed E-state index contributed by atoms with van der Waals surface area (Å²) in [6.07, 6.45) is 3.35. The number of aldehydes is 1. The molecule has 0 heterocycles. The summed E-state index contributed by atoms with van der Waals surface area (Å²) in [5.41, 5.74) is -0.752. The number of ether oxygens (including phenoxy) is 1. The number of hydrogen-bond acceptors (Lipinski definition) is 4. The molecule has 32 heavy (non-hydrogen) atoms. The maximum Gasteiger partial charge on any atom is 0.347 e. The van der Waals surface area contributed by atoms with Crippen LogP contribution in [0.3, 0.4) is 0 Å². The van der Waals surface area contributed by atoms with Gasteiger partial charge in [-0.3, -0.25) is 4.79 Å². The minimum atomic E-state index is -2.43. The van der Waals surface area contributed by atoms with Crippen LogP contribution in [0.5, 0.6) is 5.75 Å². The molecule has 0 spiro atoms. The predicted octanol–water partition coefficient (Wildman–Crippen LogP) is 5.19. The summed E-state index contributed by atoms with van der Waals surface area (Å²) in [6, 6.07) is 2.93. The lowest BCUT2D eigenvalue weighted by Crippen LogP contribution is -2.31. The van der Waals surface area contributed by atoms with Crippen LogP contribution in [0.4, 0.5) is 32.0 Å². The molecule has 1 fully saturated rings. The average Bonchev–Trinajstić information content (AvgIpc) is 2.76. The summed E-state index contributed by atoms with van der Waals surface area (Å²) in [5.74, 6) is -16.0. The van der Waals surface area contributed by atoms with Crippen LogP contribution in [0, 0.1) is 34.9 Å². The first-order valence-corrected chi connectivity index (χ1v) is 9.47. The van der Waals surface area contributed by atoms with Gasteiger partial charge < -0.3 is 10.1 Å². The van der Waals surface area contributed by atoms with E-state index < -0.39 is 52.2 Å². The highest BCUT2D eigenvalue weighted by Crippen LogP contribution is 2.45. The number of halogens is 6. The van der Waals surface area contributed by atoms with Crippen LogP contribution in [0.2, 0.25) is 0 Å². The summed E-state index contributed by atoms with van der Waals surface area (Å²) in [5, 5.41) is 2.63. The lowest BCUT2D eigenvalue weighted by molar-refractivity contribution is -0.131. The molecule has 3 rings (SSSR count). The van der Waals surface area contributed by atoms with E-state index in [1.54, 1.807) is 0 Å². The Balaban J connectivity index is 1.99. The van der Waals surface area contributed by atoms with Gasteiger partial charge in [0.2, 0.25) is 34.8 Å². The van der Waals surface area contributed by atoms with Crippen molar-refractivity contribution in [3.05, 3.63) is 63.7 Å². The van der Waals surface area contributed by atoms with Gasteiger partial charge in [0.05, 0.1) is 5.69 Å². The summed E-state index contributed by atoms with van der Waals surface area (Å²) >= 11 is 0. The van der Waals surface area contributed by atoms with Crippen molar-refractivity contribution in [1.82, 2.24) is 0 Å². The Hall–Kier alpha value is -3.30. The molecule has 1 saturated carbocycles. The maximum atomic E-state index is 15.1. The fraction of sp³-hybridized carbons (Fsp3) is 0.273. The predicted molar refractivity (Wildman–Crippen MR) is 103 cm³/mol. The first-order chi connectivity index (χ1) is 15.1. The minimum absolute atomic E-state index is 0.0353. The number of anilines is 1. The molecule has 2 aromatic carbocycles. The van der Waals surface area contributed by atoms with Gasteiger partial charge in [0.25, 0.3) is 0 Å². The molecule has 1 aliphatic carbocycles. The molecule has 2 aromatic rings. The van der Waals surface area contributed by atoms with Crippen molar-refractivity contribution in [2.75, 3.05) is 12.4 Å². The van der Waals surface area contributed by atoms with Gasteiger partial charge in [-0.05, 0) is 29.9 Å². The lowest BCUT2D eigenvalue weighted by atomic mass is 9.65. The number of nitrogens with one attached hydrogen (secondary N) is 1. The van der Waals surface area contributed by atoms with Crippen LogP contribution in [0.15, 0.2) is 17.7 Å². The molecule has 4 nitrogen and oxygen atoms in total. The fourth-order valence-electron chi connectivity index (χ4n) is 3.54. The third-order valence-corrected chi connectivity index (χ3v) is 5.57. The molecular weight excluding hydrogens is 440 g/mol. The van der Waals surface area contributed by atoms with E-state index in [1.807, 2.05) is 6.92 Å². The van der Waals surface area contributed by atoms with Crippen LogP contribution in [0.25, 0.3) is 6.08 Å². The molecule has 0 aliphatic heterocycles. The SMILES string of the molecule is CNc1c(/C=C(\C=O)C(=O)Oc2c(F)c(F)c(F)c(F)c2F)ccc(C2(C)CCC2)c1F. The van der Waals surface area contributed by atoms with E-state index in [4.69, 9.17) is 0 Å². The molecular formula is C22H17F6NO3. The van der Waals surface area contributed by atoms with Crippen molar-refractivity contribution >= 4 is 24.0 Å². The molecule has 0 saturated heterocycles. The molecule has 0 amide bonds. The average molecular weight is 457 g/mol. The Morgan fingerprint density at radius 2 is 1.53 bits per heavy atom.